The average Bonchev–Trinajstić information content (AvgIpc) is 2.64. The molecule has 0 amide bonds. The van der Waals surface area contributed by atoms with E-state index in [1.54, 1.807) is 0 Å². The smallest absolute Gasteiger partial charge is 0.179 e. The summed E-state index contributed by atoms with van der Waals surface area (Å²) < 4.78 is 11.4. The summed E-state index contributed by atoms with van der Waals surface area (Å²) in [4.78, 5) is 2.50. The lowest BCUT2D eigenvalue weighted by Gasteiger charge is -2.31. The average molecular weight is 296 g/mol. The minimum atomic E-state index is 0.671. The van der Waals surface area contributed by atoms with Crippen molar-refractivity contribution in [2.75, 3.05) is 26.3 Å². The van der Waals surface area contributed by atoms with E-state index in [4.69, 9.17) is 21.1 Å². The molecule has 0 radical (unpaired) electrons. The first-order valence-corrected chi connectivity index (χ1v) is 7.90. The molecule has 0 spiro atoms. The summed E-state index contributed by atoms with van der Waals surface area (Å²) >= 11 is 6.34. The minimum absolute atomic E-state index is 0.671. The molecule has 20 heavy (non-hydrogen) atoms. The number of hydrogen-bond donors (Lipinski definition) is 0. The van der Waals surface area contributed by atoms with Gasteiger partial charge in [0.25, 0.3) is 0 Å². The Labute approximate surface area is 125 Å². The molecule has 1 fully saturated rings. The first kappa shape index (κ1) is 14.0. The van der Waals surface area contributed by atoms with E-state index < -0.39 is 0 Å². The molecule has 2 heterocycles. The first-order chi connectivity index (χ1) is 9.72. The molecule has 2 aliphatic heterocycles. The monoisotopic (exact) mass is 295 g/mol. The summed E-state index contributed by atoms with van der Waals surface area (Å²) in [6.45, 7) is 7.00. The second kappa shape index (κ2) is 6.23. The molecule has 0 saturated carbocycles. The Morgan fingerprint density at radius 2 is 2.10 bits per heavy atom. The number of rotatable bonds is 2. The molecule has 0 aromatic heterocycles. The van der Waals surface area contributed by atoms with Crippen molar-refractivity contribution in [1.29, 1.82) is 0 Å². The third-order valence-electron chi connectivity index (χ3n) is 4.01. The second-order valence-electron chi connectivity index (χ2n) is 5.94. The fourth-order valence-corrected chi connectivity index (χ4v) is 3.35. The van der Waals surface area contributed by atoms with Gasteiger partial charge in [0.15, 0.2) is 11.5 Å². The Bertz CT molecular complexity index is 478. The molecule has 1 unspecified atom stereocenters. The van der Waals surface area contributed by atoms with E-state index in [1.807, 2.05) is 6.07 Å². The zero-order valence-corrected chi connectivity index (χ0v) is 12.8. The summed E-state index contributed by atoms with van der Waals surface area (Å²) in [6.07, 6.45) is 3.54. The van der Waals surface area contributed by atoms with Crippen molar-refractivity contribution in [1.82, 2.24) is 4.90 Å². The number of hydrogen-bond acceptors (Lipinski definition) is 3. The van der Waals surface area contributed by atoms with Gasteiger partial charge in [0.05, 0.1) is 18.2 Å². The predicted octanol–water partition coefficient (Wildman–Crippen LogP) is 3.73. The molecule has 3 rings (SSSR count). The van der Waals surface area contributed by atoms with Crippen LogP contribution in [0.25, 0.3) is 0 Å². The lowest BCUT2D eigenvalue weighted by atomic mass is 10.00. The predicted molar refractivity (Wildman–Crippen MR) is 80.7 cm³/mol. The maximum atomic E-state index is 6.34. The molecule has 0 N–H and O–H groups in total. The molecular weight excluding hydrogens is 274 g/mol. The highest BCUT2D eigenvalue weighted by Crippen LogP contribution is 2.38. The van der Waals surface area contributed by atoms with Crippen LogP contribution >= 0.6 is 11.6 Å². The highest BCUT2D eigenvalue weighted by molar-refractivity contribution is 6.32. The third-order valence-corrected chi connectivity index (χ3v) is 4.29. The fraction of sp³-hybridized carbons (Fsp3) is 0.625. The number of halogens is 1. The summed E-state index contributed by atoms with van der Waals surface area (Å²) in [5, 5.41) is 0.671. The zero-order chi connectivity index (χ0) is 13.9. The highest BCUT2D eigenvalue weighted by Gasteiger charge is 2.19. The van der Waals surface area contributed by atoms with Crippen molar-refractivity contribution in [3.63, 3.8) is 0 Å². The van der Waals surface area contributed by atoms with Crippen LogP contribution in [0.5, 0.6) is 11.5 Å². The summed E-state index contributed by atoms with van der Waals surface area (Å²) in [5.41, 5.74) is 1.22. The topological polar surface area (TPSA) is 21.7 Å². The fourth-order valence-electron chi connectivity index (χ4n) is 3.06. The normalized spacial score (nSPS) is 23.4. The van der Waals surface area contributed by atoms with Gasteiger partial charge in [-0.2, -0.15) is 0 Å². The Balaban J connectivity index is 1.76. The van der Waals surface area contributed by atoms with Crippen LogP contribution in [-0.4, -0.2) is 31.2 Å². The van der Waals surface area contributed by atoms with Gasteiger partial charge < -0.3 is 9.47 Å². The van der Waals surface area contributed by atoms with Crippen molar-refractivity contribution in [3.05, 3.63) is 22.7 Å². The van der Waals surface area contributed by atoms with E-state index in [9.17, 15) is 0 Å². The van der Waals surface area contributed by atoms with Crippen LogP contribution in [0.1, 0.15) is 31.7 Å². The van der Waals surface area contributed by atoms with Crippen molar-refractivity contribution in [3.8, 4) is 11.5 Å². The SMILES string of the molecule is CC1CCCN(Cc2cc(Cl)c3c(c2)OCCCO3)C1. The van der Waals surface area contributed by atoms with E-state index >= 15 is 0 Å². The van der Waals surface area contributed by atoms with E-state index in [-0.39, 0.29) is 0 Å². The Kier molecular flexibility index (Phi) is 4.37. The molecule has 0 aliphatic carbocycles. The number of ether oxygens (including phenoxy) is 2. The van der Waals surface area contributed by atoms with Crippen molar-refractivity contribution >= 4 is 11.6 Å². The number of benzene rings is 1. The summed E-state index contributed by atoms with van der Waals surface area (Å²) in [5.74, 6) is 2.30. The molecule has 1 atom stereocenters. The van der Waals surface area contributed by atoms with Gasteiger partial charge in [0, 0.05) is 19.5 Å². The first-order valence-electron chi connectivity index (χ1n) is 7.53. The number of piperidine rings is 1. The van der Waals surface area contributed by atoms with Gasteiger partial charge in [-0.3, -0.25) is 4.90 Å². The molecule has 2 aliphatic rings. The van der Waals surface area contributed by atoms with E-state index in [0.717, 1.165) is 24.6 Å². The van der Waals surface area contributed by atoms with Gasteiger partial charge in [-0.25, -0.2) is 0 Å². The van der Waals surface area contributed by atoms with Crippen LogP contribution in [0.4, 0.5) is 0 Å². The van der Waals surface area contributed by atoms with Crippen LogP contribution in [0.15, 0.2) is 12.1 Å². The molecule has 1 saturated heterocycles. The lowest BCUT2D eigenvalue weighted by Crippen LogP contribution is -2.33. The molecule has 0 bridgehead atoms. The zero-order valence-electron chi connectivity index (χ0n) is 12.0. The minimum Gasteiger partial charge on any atom is -0.489 e. The summed E-state index contributed by atoms with van der Waals surface area (Å²) in [7, 11) is 0. The van der Waals surface area contributed by atoms with Gasteiger partial charge in [0.2, 0.25) is 0 Å². The lowest BCUT2D eigenvalue weighted by molar-refractivity contribution is 0.176. The van der Waals surface area contributed by atoms with Gasteiger partial charge in [-0.1, -0.05) is 18.5 Å². The molecule has 3 nitrogen and oxygen atoms in total. The standard InChI is InChI=1S/C16H22ClNO2/c1-12-4-2-5-18(10-12)11-13-8-14(17)16-15(9-13)19-6-3-7-20-16/h8-9,12H,2-7,10-11H2,1H3. The second-order valence-corrected chi connectivity index (χ2v) is 6.35. The van der Waals surface area contributed by atoms with Gasteiger partial charge in [-0.15, -0.1) is 0 Å². The van der Waals surface area contributed by atoms with Crippen LogP contribution < -0.4 is 9.47 Å². The van der Waals surface area contributed by atoms with Crippen molar-refractivity contribution < 1.29 is 9.47 Å². The largest absolute Gasteiger partial charge is 0.489 e. The Morgan fingerprint density at radius 3 is 2.95 bits per heavy atom. The number of likely N-dealkylation sites (tertiary alicyclic amines) is 1. The van der Waals surface area contributed by atoms with Gasteiger partial charge >= 0.3 is 0 Å². The highest BCUT2D eigenvalue weighted by atomic mass is 35.5. The molecule has 1 aromatic rings. The van der Waals surface area contributed by atoms with Gasteiger partial charge in [0.1, 0.15) is 0 Å². The molecular formula is C16H22ClNO2. The molecule has 110 valence electrons. The number of nitrogens with zero attached hydrogens (tertiary/aromatic N) is 1. The van der Waals surface area contributed by atoms with Crippen molar-refractivity contribution in [2.24, 2.45) is 5.92 Å². The summed E-state index contributed by atoms with van der Waals surface area (Å²) in [6, 6.07) is 4.11. The quantitative estimate of drug-likeness (QED) is 0.830. The van der Waals surface area contributed by atoms with E-state index in [2.05, 4.69) is 17.9 Å². The number of fused-ring (bicyclic) bond motifs is 1. The van der Waals surface area contributed by atoms with E-state index in [0.29, 0.717) is 24.0 Å². The van der Waals surface area contributed by atoms with Crippen LogP contribution in [0.3, 0.4) is 0 Å². The van der Waals surface area contributed by atoms with E-state index in [1.165, 1.54) is 31.5 Å². The van der Waals surface area contributed by atoms with Crippen LogP contribution in [-0.2, 0) is 6.54 Å². The van der Waals surface area contributed by atoms with Gasteiger partial charge in [-0.05, 0) is 43.0 Å². The maximum absolute atomic E-state index is 6.34. The third kappa shape index (κ3) is 3.21. The molecule has 1 aromatic carbocycles. The van der Waals surface area contributed by atoms with Crippen LogP contribution in [0, 0.1) is 5.92 Å². The molecule has 4 heteroatoms. The Hall–Kier alpha value is -0.930. The maximum Gasteiger partial charge on any atom is 0.179 e. The van der Waals surface area contributed by atoms with Crippen molar-refractivity contribution in [2.45, 2.75) is 32.7 Å². The Morgan fingerprint density at radius 1 is 1.25 bits per heavy atom. The van der Waals surface area contributed by atoms with Crippen LogP contribution in [0.2, 0.25) is 5.02 Å².